The molecule has 1 rings (SSSR count). The van der Waals surface area contributed by atoms with Crippen LogP contribution in [0.3, 0.4) is 0 Å². The Hall–Kier alpha value is -1.43. The van der Waals surface area contributed by atoms with Crippen LogP contribution >= 0.6 is 0 Å². The number of amides is 1. The first kappa shape index (κ1) is 13.6. The van der Waals surface area contributed by atoms with Gasteiger partial charge in [-0.15, -0.1) is 5.10 Å². The molecule has 1 N–H and O–H groups in total. The molecule has 1 amide bonds. The third kappa shape index (κ3) is 3.52. The van der Waals surface area contributed by atoms with Crippen LogP contribution in [-0.4, -0.2) is 44.0 Å². The van der Waals surface area contributed by atoms with E-state index in [-0.39, 0.29) is 12.5 Å². The highest BCUT2D eigenvalue weighted by molar-refractivity contribution is 5.75. The zero-order valence-electron chi connectivity index (χ0n) is 10.8. The molecule has 0 aromatic carbocycles. The number of hydrogen-bond donors (Lipinski definition) is 1. The average molecular weight is 240 g/mol. The summed E-state index contributed by atoms with van der Waals surface area (Å²) < 4.78 is 1.45. The van der Waals surface area contributed by atoms with Crippen molar-refractivity contribution in [2.75, 3.05) is 13.1 Å². The Morgan fingerprint density at radius 1 is 1.47 bits per heavy atom. The zero-order chi connectivity index (χ0) is 13.1. The van der Waals surface area contributed by atoms with Gasteiger partial charge in [0.25, 0.3) is 0 Å². The van der Waals surface area contributed by atoms with Crippen molar-refractivity contribution in [3.8, 4) is 0 Å². The van der Waals surface area contributed by atoms with Gasteiger partial charge in [-0.1, -0.05) is 5.21 Å². The number of aliphatic hydroxyl groups is 1. The summed E-state index contributed by atoms with van der Waals surface area (Å²) in [6.45, 7) is 8.66. The predicted octanol–water partition coefficient (Wildman–Crippen LogP) is 0.374. The number of nitrogens with zero attached hydrogens (tertiary/aromatic N) is 4. The molecule has 0 aliphatic rings. The van der Waals surface area contributed by atoms with Crippen LogP contribution in [0.15, 0.2) is 6.20 Å². The first-order valence-corrected chi connectivity index (χ1v) is 5.79. The number of carbonyl (C=O) groups excluding carboxylic acids is 1. The number of likely N-dealkylation sites (N-methyl/N-ethyl adjacent to an activating group) is 1. The van der Waals surface area contributed by atoms with E-state index in [1.807, 2.05) is 13.8 Å². The van der Waals surface area contributed by atoms with Crippen LogP contribution in [0.5, 0.6) is 0 Å². The van der Waals surface area contributed by atoms with Crippen LogP contribution < -0.4 is 0 Å². The molecular formula is C11H20N4O2. The van der Waals surface area contributed by atoms with E-state index in [2.05, 4.69) is 10.3 Å². The van der Waals surface area contributed by atoms with Crippen molar-refractivity contribution in [2.45, 2.75) is 39.8 Å². The molecule has 0 spiro atoms. The summed E-state index contributed by atoms with van der Waals surface area (Å²) in [6, 6.07) is 0. The molecule has 6 heteroatoms. The molecule has 0 bridgehead atoms. The smallest absolute Gasteiger partial charge is 0.244 e. The van der Waals surface area contributed by atoms with Crippen molar-refractivity contribution in [1.29, 1.82) is 0 Å². The maximum Gasteiger partial charge on any atom is 0.244 e. The van der Waals surface area contributed by atoms with Gasteiger partial charge in [-0.3, -0.25) is 4.79 Å². The Morgan fingerprint density at radius 3 is 2.47 bits per heavy atom. The Morgan fingerprint density at radius 2 is 2.06 bits per heavy atom. The first-order valence-electron chi connectivity index (χ1n) is 5.79. The second-order valence-corrected chi connectivity index (χ2v) is 4.43. The van der Waals surface area contributed by atoms with Crippen LogP contribution in [0.2, 0.25) is 0 Å². The van der Waals surface area contributed by atoms with Gasteiger partial charge in [0.15, 0.2) is 0 Å². The average Bonchev–Trinajstić information content (AvgIpc) is 2.67. The van der Waals surface area contributed by atoms with Crippen molar-refractivity contribution < 1.29 is 9.90 Å². The van der Waals surface area contributed by atoms with Gasteiger partial charge in [-0.2, -0.15) is 0 Å². The number of carbonyl (C=O) groups is 1. The van der Waals surface area contributed by atoms with Crippen molar-refractivity contribution in [3.05, 3.63) is 11.9 Å². The fourth-order valence-corrected chi connectivity index (χ4v) is 1.47. The molecule has 0 atom stereocenters. The van der Waals surface area contributed by atoms with Crippen molar-refractivity contribution in [3.63, 3.8) is 0 Å². The monoisotopic (exact) mass is 240 g/mol. The molecule has 0 fully saturated rings. The van der Waals surface area contributed by atoms with E-state index in [9.17, 15) is 9.90 Å². The molecule has 1 heterocycles. The highest BCUT2D eigenvalue weighted by Gasteiger charge is 2.21. The summed E-state index contributed by atoms with van der Waals surface area (Å²) in [4.78, 5) is 13.5. The minimum Gasteiger partial charge on any atom is -0.384 e. The molecule has 0 unspecified atom stereocenters. The number of hydrogen-bond acceptors (Lipinski definition) is 4. The quantitative estimate of drug-likeness (QED) is 0.807. The lowest BCUT2D eigenvalue weighted by atomic mass is 10.1. The third-order valence-electron chi connectivity index (χ3n) is 2.58. The van der Waals surface area contributed by atoms with Crippen LogP contribution in [0, 0.1) is 0 Å². The molecule has 1 aromatic rings. The topological polar surface area (TPSA) is 71.2 Å². The Balaban J connectivity index is 2.70. The van der Waals surface area contributed by atoms with Crippen LogP contribution in [0.4, 0.5) is 0 Å². The van der Waals surface area contributed by atoms with Crippen molar-refractivity contribution in [2.24, 2.45) is 0 Å². The Labute approximate surface area is 101 Å². The maximum atomic E-state index is 11.8. The summed E-state index contributed by atoms with van der Waals surface area (Å²) in [5, 5.41) is 17.4. The maximum absolute atomic E-state index is 11.8. The minimum absolute atomic E-state index is 0.00203. The predicted molar refractivity (Wildman–Crippen MR) is 63.2 cm³/mol. The second-order valence-electron chi connectivity index (χ2n) is 4.43. The third-order valence-corrected chi connectivity index (χ3v) is 2.58. The molecule has 0 saturated heterocycles. The highest BCUT2D eigenvalue weighted by atomic mass is 16.3. The molecule has 0 aliphatic heterocycles. The summed E-state index contributed by atoms with van der Waals surface area (Å²) in [5.41, 5.74) is -0.568. The summed E-state index contributed by atoms with van der Waals surface area (Å²) >= 11 is 0. The van der Waals surface area contributed by atoms with Crippen LogP contribution in [0.25, 0.3) is 0 Å². The fraction of sp³-hybridized carbons (Fsp3) is 0.727. The van der Waals surface area contributed by atoms with E-state index in [1.54, 1.807) is 24.9 Å². The van der Waals surface area contributed by atoms with E-state index in [0.29, 0.717) is 18.8 Å². The van der Waals surface area contributed by atoms with Crippen LogP contribution in [-0.2, 0) is 16.9 Å². The lowest BCUT2D eigenvalue weighted by Gasteiger charge is -2.18. The summed E-state index contributed by atoms with van der Waals surface area (Å²) in [7, 11) is 0. The summed E-state index contributed by atoms with van der Waals surface area (Å²) in [5.74, 6) is 0.00203. The molecule has 0 radical (unpaired) electrons. The van der Waals surface area contributed by atoms with Crippen LogP contribution in [0.1, 0.15) is 33.4 Å². The molecular weight excluding hydrogens is 220 g/mol. The van der Waals surface area contributed by atoms with Crippen molar-refractivity contribution in [1.82, 2.24) is 19.9 Å². The molecule has 17 heavy (non-hydrogen) atoms. The normalized spacial score (nSPS) is 11.6. The molecule has 6 nitrogen and oxygen atoms in total. The lowest BCUT2D eigenvalue weighted by Crippen LogP contribution is -2.33. The zero-order valence-corrected chi connectivity index (χ0v) is 10.8. The van der Waals surface area contributed by atoms with Gasteiger partial charge in [0.2, 0.25) is 5.91 Å². The van der Waals surface area contributed by atoms with Gasteiger partial charge in [0.1, 0.15) is 17.8 Å². The van der Waals surface area contributed by atoms with E-state index < -0.39 is 5.60 Å². The minimum atomic E-state index is -1.03. The molecule has 0 aliphatic carbocycles. The van der Waals surface area contributed by atoms with Gasteiger partial charge in [0, 0.05) is 13.1 Å². The highest BCUT2D eigenvalue weighted by Crippen LogP contribution is 2.15. The Bertz CT molecular complexity index is 377. The SMILES string of the molecule is CCN(CC)C(=O)Cn1cc(C(C)(C)O)nn1. The van der Waals surface area contributed by atoms with E-state index in [1.165, 1.54) is 4.68 Å². The van der Waals surface area contributed by atoms with Gasteiger partial charge in [0.05, 0.1) is 6.20 Å². The first-order chi connectivity index (χ1) is 7.88. The molecule has 0 saturated carbocycles. The largest absolute Gasteiger partial charge is 0.384 e. The van der Waals surface area contributed by atoms with Gasteiger partial charge >= 0.3 is 0 Å². The van der Waals surface area contributed by atoms with E-state index >= 15 is 0 Å². The van der Waals surface area contributed by atoms with Gasteiger partial charge in [-0.05, 0) is 27.7 Å². The Kier molecular flexibility index (Phi) is 4.22. The fourth-order valence-electron chi connectivity index (χ4n) is 1.47. The van der Waals surface area contributed by atoms with Gasteiger partial charge in [-0.25, -0.2) is 4.68 Å². The lowest BCUT2D eigenvalue weighted by molar-refractivity contribution is -0.131. The number of rotatable bonds is 5. The molecule has 1 aromatic heterocycles. The number of aromatic nitrogens is 3. The standard InChI is InChI=1S/C11H20N4O2/c1-5-14(6-2)10(16)8-15-7-9(12-13-15)11(3,4)17/h7,17H,5-6,8H2,1-4H3. The summed E-state index contributed by atoms with van der Waals surface area (Å²) in [6.07, 6.45) is 1.60. The van der Waals surface area contributed by atoms with E-state index in [0.717, 1.165) is 0 Å². The van der Waals surface area contributed by atoms with Crippen molar-refractivity contribution >= 4 is 5.91 Å². The van der Waals surface area contributed by atoms with E-state index in [4.69, 9.17) is 0 Å². The molecule has 96 valence electrons. The van der Waals surface area contributed by atoms with Gasteiger partial charge < -0.3 is 10.0 Å². The second kappa shape index (κ2) is 5.27.